The predicted octanol–water partition coefficient (Wildman–Crippen LogP) is 3.23. The Bertz CT molecular complexity index is 605. The minimum Gasteiger partial charge on any atom is -0.354 e. The molecule has 0 aromatic carbocycles. The zero-order valence-corrected chi connectivity index (χ0v) is 17.5. The molecule has 2 heterocycles. The number of nitrogens with one attached hydrogen (secondary N) is 1. The number of thiophene rings is 1. The topological polar surface area (TPSA) is 52.7 Å². The van der Waals surface area contributed by atoms with Crippen LogP contribution in [0.25, 0.3) is 0 Å². The average molecular weight is 392 g/mol. The van der Waals surface area contributed by atoms with E-state index in [9.17, 15) is 9.59 Å². The molecule has 1 N–H and O–H groups in total. The Balaban J connectivity index is 1.60. The van der Waals surface area contributed by atoms with Crippen molar-refractivity contribution >= 4 is 23.2 Å². The van der Waals surface area contributed by atoms with Gasteiger partial charge in [-0.15, -0.1) is 11.3 Å². The first kappa shape index (κ1) is 20.3. The van der Waals surface area contributed by atoms with Crippen molar-refractivity contribution in [3.8, 4) is 0 Å². The fraction of sp³-hybridized carbons (Fsp3) is 0.714. The quantitative estimate of drug-likeness (QED) is 0.776. The van der Waals surface area contributed by atoms with Gasteiger partial charge < -0.3 is 10.2 Å². The summed E-state index contributed by atoms with van der Waals surface area (Å²) < 4.78 is 0. The Morgan fingerprint density at radius 1 is 1.22 bits per heavy atom. The predicted molar refractivity (Wildman–Crippen MR) is 110 cm³/mol. The van der Waals surface area contributed by atoms with Crippen LogP contribution in [0.5, 0.6) is 0 Å². The van der Waals surface area contributed by atoms with Gasteiger partial charge in [-0.2, -0.15) is 0 Å². The molecule has 2 atom stereocenters. The molecule has 1 aliphatic heterocycles. The van der Waals surface area contributed by atoms with Crippen molar-refractivity contribution < 1.29 is 9.59 Å². The third-order valence-corrected chi connectivity index (χ3v) is 7.02. The van der Waals surface area contributed by atoms with Crippen LogP contribution in [0.4, 0.5) is 0 Å². The van der Waals surface area contributed by atoms with E-state index in [-0.39, 0.29) is 17.9 Å². The van der Waals surface area contributed by atoms with Crippen molar-refractivity contribution in [2.24, 2.45) is 11.8 Å². The van der Waals surface area contributed by atoms with Crippen LogP contribution in [0, 0.1) is 11.8 Å². The third kappa shape index (κ3) is 5.11. The molecule has 0 spiro atoms. The second kappa shape index (κ2) is 9.69. The highest BCUT2D eigenvalue weighted by Crippen LogP contribution is 2.31. The number of carbonyl (C=O) groups excluding carboxylic acids is 2. The van der Waals surface area contributed by atoms with E-state index in [1.165, 1.54) is 24.2 Å². The minimum absolute atomic E-state index is 0.0319. The molecular formula is C21H33N3O2S. The summed E-state index contributed by atoms with van der Waals surface area (Å²) in [6, 6.07) is 3.78. The highest BCUT2D eigenvalue weighted by molar-refractivity contribution is 7.12. The van der Waals surface area contributed by atoms with Gasteiger partial charge in [0.25, 0.3) is 5.91 Å². The summed E-state index contributed by atoms with van der Waals surface area (Å²) in [5, 5.41) is 5.15. The standard InChI is InChI=1S/C21H33N3O2S/c1-3-16(2)15-22-20(25)19(17-7-4-5-8-17)23-10-12-24(13-11-23)21(26)18-9-6-14-27-18/h6,9,14,16-17,19H,3-5,7-8,10-13,15H2,1-2H3,(H,22,25). The number of hydrogen-bond donors (Lipinski definition) is 1. The van der Waals surface area contributed by atoms with E-state index in [4.69, 9.17) is 0 Å². The second-order valence-corrected chi connectivity index (χ2v) is 9.00. The van der Waals surface area contributed by atoms with Gasteiger partial charge in [0.15, 0.2) is 0 Å². The lowest BCUT2D eigenvalue weighted by atomic mass is 9.94. The first-order chi connectivity index (χ1) is 13.1. The lowest BCUT2D eigenvalue weighted by Crippen LogP contribution is -2.58. The van der Waals surface area contributed by atoms with E-state index >= 15 is 0 Å². The smallest absolute Gasteiger partial charge is 0.264 e. The number of amides is 2. The molecule has 3 rings (SSSR count). The molecule has 1 aromatic heterocycles. The highest BCUT2D eigenvalue weighted by atomic mass is 32.1. The molecule has 27 heavy (non-hydrogen) atoms. The molecule has 1 saturated carbocycles. The number of hydrogen-bond acceptors (Lipinski definition) is 4. The molecule has 1 aromatic rings. The maximum atomic E-state index is 13.0. The molecule has 2 fully saturated rings. The Hall–Kier alpha value is -1.40. The summed E-state index contributed by atoms with van der Waals surface area (Å²) in [5.74, 6) is 1.29. The van der Waals surface area contributed by atoms with Crippen molar-refractivity contribution in [2.45, 2.75) is 52.0 Å². The van der Waals surface area contributed by atoms with E-state index < -0.39 is 0 Å². The summed E-state index contributed by atoms with van der Waals surface area (Å²) in [6.07, 6.45) is 5.84. The normalized spacial score (nSPS) is 21.2. The van der Waals surface area contributed by atoms with Gasteiger partial charge in [0.2, 0.25) is 5.91 Å². The van der Waals surface area contributed by atoms with Crippen LogP contribution in [0.2, 0.25) is 0 Å². The van der Waals surface area contributed by atoms with Gasteiger partial charge in [-0.1, -0.05) is 39.2 Å². The molecule has 5 nitrogen and oxygen atoms in total. The molecule has 0 radical (unpaired) electrons. The first-order valence-corrected chi connectivity index (χ1v) is 11.3. The third-order valence-electron chi connectivity index (χ3n) is 6.16. The maximum absolute atomic E-state index is 13.0. The average Bonchev–Trinajstić information content (AvgIpc) is 3.40. The van der Waals surface area contributed by atoms with Gasteiger partial charge in [-0.3, -0.25) is 14.5 Å². The van der Waals surface area contributed by atoms with Crippen molar-refractivity contribution in [2.75, 3.05) is 32.7 Å². The highest BCUT2D eigenvalue weighted by Gasteiger charge is 2.37. The van der Waals surface area contributed by atoms with Crippen LogP contribution in [0.15, 0.2) is 17.5 Å². The van der Waals surface area contributed by atoms with Crippen LogP contribution in [0.1, 0.15) is 55.6 Å². The van der Waals surface area contributed by atoms with Gasteiger partial charge in [-0.25, -0.2) is 0 Å². The number of piperazine rings is 1. The van der Waals surface area contributed by atoms with Crippen molar-refractivity contribution in [1.82, 2.24) is 15.1 Å². The van der Waals surface area contributed by atoms with Gasteiger partial charge in [0.05, 0.1) is 10.9 Å². The summed E-state index contributed by atoms with van der Waals surface area (Å²) in [4.78, 5) is 30.7. The summed E-state index contributed by atoms with van der Waals surface area (Å²) in [6.45, 7) is 8.09. The van der Waals surface area contributed by atoms with E-state index in [0.717, 1.165) is 43.8 Å². The molecular weight excluding hydrogens is 358 g/mol. The molecule has 1 saturated heterocycles. The Morgan fingerprint density at radius 3 is 2.52 bits per heavy atom. The molecule has 1 aliphatic carbocycles. The fourth-order valence-electron chi connectivity index (χ4n) is 4.23. The molecule has 0 bridgehead atoms. The number of nitrogens with zero attached hydrogens (tertiary/aromatic N) is 2. The van der Waals surface area contributed by atoms with E-state index in [2.05, 4.69) is 24.1 Å². The zero-order chi connectivity index (χ0) is 19.2. The Kier molecular flexibility index (Phi) is 7.30. The zero-order valence-electron chi connectivity index (χ0n) is 16.7. The van der Waals surface area contributed by atoms with E-state index in [1.54, 1.807) is 0 Å². The molecule has 2 aliphatic rings. The van der Waals surface area contributed by atoms with Crippen LogP contribution in [0.3, 0.4) is 0 Å². The van der Waals surface area contributed by atoms with Gasteiger partial charge in [0, 0.05) is 32.7 Å². The van der Waals surface area contributed by atoms with Crippen molar-refractivity contribution in [3.05, 3.63) is 22.4 Å². The minimum atomic E-state index is -0.0319. The van der Waals surface area contributed by atoms with E-state index in [0.29, 0.717) is 24.9 Å². The van der Waals surface area contributed by atoms with Crippen LogP contribution >= 0.6 is 11.3 Å². The lowest BCUT2D eigenvalue weighted by Gasteiger charge is -2.40. The lowest BCUT2D eigenvalue weighted by molar-refractivity contribution is -0.129. The van der Waals surface area contributed by atoms with Gasteiger partial charge in [0.1, 0.15) is 0 Å². The molecule has 2 amide bonds. The summed E-state index contributed by atoms with van der Waals surface area (Å²) in [5.41, 5.74) is 0. The van der Waals surface area contributed by atoms with E-state index in [1.807, 2.05) is 22.4 Å². The fourth-order valence-corrected chi connectivity index (χ4v) is 4.92. The number of carbonyl (C=O) groups is 2. The van der Waals surface area contributed by atoms with Crippen molar-refractivity contribution in [1.29, 1.82) is 0 Å². The van der Waals surface area contributed by atoms with Crippen LogP contribution < -0.4 is 5.32 Å². The molecule has 6 heteroatoms. The van der Waals surface area contributed by atoms with Gasteiger partial charge >= 0.3 is 0 Å². The SMILES string of the molecule is CCC(C)CNC(=O)C(C1CCCC1)N1CCN(C(=O)c2cccs2)CC1. The number of rotatable bonds is 7. The largest absolute Gasteiger partial charge is 0.354 e. The van der Waals surface area contributed by atoms with Crippen LogP contribution in [-0.4, -0.2) is 60.4 Å². The Morgan fingerprint density at radius 2 is 1.93 bits per heavy atom. The van der Waals surface area contributed by atoms with Crippen molar-refractivity contribution in [3.63, 3.8) is 0 Å². The summed E-state index contributed by atoms with van der Waals surface area (Å²) in [7, 11) is 0. The second-order valence-electron chi connectivity index (χ2n) is 8.05. The monoisotopic (exact) mass is 391 g/mol. The maximum Gasteiger partial charge on any atom is 0.264 e. The molecule has 150 valence electrons. The first-order valence-electron chi connectivity index (χ1n) is 10.4. The van der Waals surface area contributed by atoms with Gasteiger partial charge in [-0.05, 0) is 36.1 Å². The van der Waals surface area contributed by atoms with Crippen LogP contribution in [-0.2, 0) is 4.79 Å². The Labute approximate surface area is 167 Å². The molecule has 2 unspecified atom stereocenters. The summed E-state index contributed by atoms with van der Waals surface area (Å²) >= 11 is 1.50.